The zero-order chi connectivity index (χ0) is 27.5. The van der Waals surface area contributed by atoms with Crippen LogP contribution in [0.25, 0.3) is 54.9 Å². The Balaban J connectivity index is 1.48. The Hall–Kier alpha value is -4.17. The van der Waals surface area contributed by atoms with Gasteiger partial charge in [0.1, 0.15) is 0 Å². The molecule has 1 aliphatic heterocycles. The Morgan fingerprint density at radius 3 is 1.27 bits per heavy atom. The number of hydrogen-bond donors (Lipinski definition) is 0. The smallest absolute Gasteiger partial charge is 0.319 e. The molecule has 1 heterocycles. The molecule has 0 saturated carbocycles. The summed E-state index contributed by atoms with van der Waals surface area (Å²) in [6, 6.07) is 33.9. The van der Waals surface area contributed by atoms with Crippen molar-refractivity contribution in [1.82, 2.24) is 0 Å². The molecule has 0 saturated heterocycles. The summed E-state index contributed by atoms with van der Waals surface area (Å²) in [6.45, 7) is 8.62. The van der Waals surface area contributed by atoms with Gasteiger partial charge >= 0.3 is 8.60 Å². The standard InChI is InChI=1S/C36H29O3P/c1-21-7-5-8-22(2)33(21)27-11-15-29-25(19-27)13-17-31-35(29)36-30-16-12-28(34-23(3)9-6-10-24(34)4)20-26(30)14-18-32(36)39-40(37)38-31/h5-20,40H,1-4H3. The fourth-order valence-corrected chi connectivity index (χ4v) is 7.10. The zero-order valence-corrected chi connectivity index (χ0v) is 24.0. The van der Waals surface area contributed by atoms with E-state index in [2.05, 4.69) is 113 Å². The molecule has 0 atom stereocenters. The van der Waals surface area contributed by atoms with Crippen LogP contribution in [0.4, 0.5) is 0 Å². The van der Waals surface area contributed by atoms with Crippen molar-refractivity contribution >= 4 is 30.1 Å². The SMILES string of the molecule is Cc1cccc(C)c1-c1ccc2c3c(ccc2c1)O[PH+]([O-])Oc1ccc2cc(-c4c(C)cccc4C)ccc2c1-3. The molecule has 0 aromatic heterocycles. The van der Waals surface area contributed by atoms with E-state index in [4.69, 9.17) is 9.05 Å². The summed E-state index contributed by atoms with van der Waals surface area (Å²) in [4.78, 5) is 12.8. The van der Waals surface area contributed by atoms with E-state index in [1.165, 1.54) is 44.5 Å². The summed E-state index contributed by atoms with van der Waals surface area (Å²) >= 11 is 0. The number of aryl methyl sites for hydroxylation is 4. The van der Waals surface area contributed by atoms with Gasteiger partial charge in [0.25, 0.3) is 0 Å². The average molecular weight is 541 g/mol. The van der Waals surface area contributed by atoms with Crippen molar-refractivity contribution in [2.45, 2.75) is 27.7 Å². The molecule has 6 aromatic carbocycles. The Kier molecular flexibility index (Phi) is 5.89. The maximum atomic E-state index is 12.8. The molecule has 0 fully saturated rings. The fourth-order valence-electron chi connectivity index (χ4n) is 6.36. The molecular weight excluding hydrogens is 511 g/mol. The first-order chi connectivity index (χ1) is 19.4. The van der Waals surface area contributed by atoms with Gasteiger partial charge in [0.15, 0.2) is 11.5 Å². The second-order valence-electron chi connectivity index (χ2n) is 10.7. The number of benzene rings is 6. The van der Waals surface area contributed by atoms with E-state index < -0.39 is 8.60 Å². The Bertz CT molecular complexity index is 1790. The molecule has 0 unspecified atom stereocenters. The molecule has 40 heavy (non-hydrogen) atoms. The summed E-state index contributed by atoms with van der Waals surface area (Å²) < 4.78 is 11.8. The monoisotopic (exact) mass is 540 g/mol. The third kappa shape index (κ3) is 3.97. The van der Waals surface area contributed by atoms with Gasteiger partial charge in [-0.25, -0.2) is 0 Å². The highest BCUT2D eigenvalue weighted by Crippen LogP contribution is 2.53. The number of rotatable bonds is 2. The van der Waals surface area contributed by atoms with Crippen LogP contribution < -0.4 is 13.9 Å². The number of hydrogen-bond acceptors (Lipinski definition) is 3. The minimum Gasteiger partial charge on any atom is -0.618 e. The van der Waals surface area contributed by atoms with Crippen LogP contribution in [0, 0.1) is 27.7 Å². The van der Waals surface area contributed by atoms with Crippen molar-refractivity contribution in [2.24, 2.45) is 0 Å². The minimum absolute atomic E-state index is 0.585. The largest absolute Gasteiger partial charge is 0.618 e. The van der Waals surface area contributed by atoms with Gasteiger partial charge in [-0.3, -0.25) is 0 Å². The van der Waals surface area contributed by atoms with Gasteiger partial charge < -0.3 is 13.9 Å². The summed E-state index contributed by atoms with van der Waals surface area (Å²) in [5, 5.41) is 4.28. The van der Waals surface area contributed by atoms with Crippen molar-refractivity contribution in [3.05, 3.63) is 119 Å². The van der Waals surface area contributed by atoms with Crippen LogP contribution in [0.5, 0.6) is 11.5 Å². The number of fused-ring (bicyclic) bond motifs is 7. The normalized spacial score (nSPS) is 12.9. The van der Waals surface area contributed by atoms with Crippen LogP contribution in [0.1, 0.15) is 22.3 Å². The Labute approximate surface area is 235 Å². The van der Waals surface area contributed by atoms with E-state index in [-0.39, 0.29) is 0 Å². The molecule has 7 rings (SSSR count). The first-order valence-electron chi connectivity index (χ1n) is 13.6. The minimum atomic E-state index is -2.76. The van der Waals surface area contributed by atoms with Crippen LogP contribution in [-0.2, 0) is 0 Å². The highest BCUT2D eigenvalue weighted by Gasteiger charge is 2.28. The lowest BCUT2D eigenvalue weighted by molar-refractivity contribution is -0.188. The van der Waals surface area contributed by atoms with Gasteiger partial charge in [-0.15, -0.1) is 0 Å². The van der Waals surface area contributed by atoms with Crippen molar-refractivity contribution < 1.29 is 13.9 Å². The van der Waals surface area contributed by atoms with Gasteiger partial charge in [-0.2, -0.15) is 0 Å². The lowest BCUT2D eigenvalue weighted by Crippen LogP contribution is -2.06. The van der Waals surface area contributed by atoms with Crippen LogP contribution in [0.3, 0.4) is 0 Å². The van der Waals surface area contributed by atoms with E-state index in [9.17, 15) is 4.89 Å². The van der Waals surface area contributed by atoms with E-state index >= 15 is 0 Å². The van der Waals surface area contributed by atoms with Crippen LogP contribution >= 0.6 is 8.60 Å². The molecule has 4 heteroatoms. The molecule has 3 nitrogen and oxygen atoms in total. The van der Waals surface area contributed by atoms with E-state index in [0.29, 0.717) is 11.5 Å². The second-order valence-corrected chi connectivity index (χ2v) is 11.6. The van der Waals surface area contributed by atoms with Gasteiger partial charge in [-0.05, 0) is 118 Å². The van der Waals surface area contributed by atoms with Crippen LogP contribution in [0.2, 0.25) is 0 Å². The van der Waals surface area contributed by atoms with Crippen molar-refractivity contribution in [1.29, 1.82) is 0 Å². The first kappa shape index (κ1) is 24.8. The lowest BCUT2D eigenvalue weighted by atomic mass is 9.88. The molecular formula is C36H29O3P. The zero-order valence-electron chi connectivity index (χ0n) is 23.0. The summed E-state index contributed by atoms with van der Waals surface area (Å²) in [5.74, 6) is 1.17. The van der Waals surface area contributed by atoms with Crippen molar-refractivity contribution in [3.63, 3.8) is 0 Å². The van der Waals surface area contributed by atoms with Gasteiger partial charge in [0, 0.05) is 11.1 Å². The molecule has 6 aromatic rings. The average Bonchev–Trinajstić information content (AvgIpc) is 3.08. The third-order valence-corrected chi connectivity index (χ3v) is 8.91. The predicted molar refractivity (Wildman–Crippen MR) is 166 cm³/mol. The highest BCUT2D eigenvalue weighted by molar-refractivity contribution is 7.40. The molecule has 196 valence electrons. The molecule has 1 aliphatic rings. The van der Waals surface area contributed by atoms with Gasteiger partial charge in [0.05, 0.1) is 0 Å². The van der Waals surface area contributed by atoms with Gasteiger partial charge in [0.2, 0.25) is 0 Å². The Morgan fingerprint density at radius 2 is 0.875 bits per heavy atom. The topological polar surface area (TPSA) is 41.5 Å². The lowest BCUT2D eigenvalue weighted by Gasteiger charge is -2.16. The van der Waals surface area contributed by atoms with Crippen LogP contribution in [0.15, 0.2) is 97.1 Å². The van der Waals surface area contributed by atoms with Crippen molar-refractivity contribution in [3.8, 4) is 44.9 Å². The molecule has 0 amide bonds. The second kappa shape index (κ2) is 9.48. The highest BCUT2D eigenvalue weighted by atomic mass is 31.2. The molecule has 0 radical (unpaired) electrons. The Morgan fingerprint density at radius 1 is 0.475 bits per heavy atom. The fraction of sp³-hybridized carbons (Fsp3) is 0.111. The molecule has 0 N–H and O–H groups in total. The van der Waals surface area contributed by atoms with Crippen LogP contribution in [-0.4, -0.2) is 0 Å². The molecule has 0 aliphatic carbocycles. The van der Waals surface area contributed by atoms with E-state index in [0.717, 1.165) is 32.7 Å². The summed E-state index contributed by atoms with van der Waals surface area (Å²) in [7, 11) is -2.76. The van der Waals surface area contributed by atoms with Crippen molar-refractivity contribution in [2.75, 3.05) is 0 Å². The maximum Gasteiger partial charge on any atom is 0.319 e. The molecule has 0 spiro atoms. The predicted octanol–water partition coefficient (Wildman–Crippen LogP) is 9.32. The quantitative estimate of drug-likeness (QED) is 0.206. The maximum absolute atomic E-state index is 12.8. The van der Waals surface area contributed by atoms with E-state index in [1.54, 1.807) is 0 Å². The summed E-state index contributed by atoms with van der Waals surface area (Å²) in [5.41, 5.74) is 11.7. The molecule has 0 bridgehead atoms. The summed E-state index contributed by atoms with van der Waals surface area (Å²) in [6.07, 6.45) is 0. The van der Waals surface area contributed by atoms with Gasteiger partial charge in [-0.1, -0.05) is 72.8 Å². The first-order valence-corrected chi connectivity index (χ1v) is 14.8. The van der Waals surface area contributed by atoms with E-state index in [1.807, 2.05) is 12.1 Å². The third-order valence-electron chi connectivity index (χ3n) is 8.14.